The second-order valence-corrected chi connectivity index (χ2v) is 8.51. The highest BCUT2D eigenvalue weighted by Gasteiger charge is 2.31. The van der Waals surface area contributed by atoms with Crippen LogP contribution in [0.15, 0.2) is 12.7 Å². The predicted molar refractivity (Wildman–Crippen MR) is 100 cm³/mol. The van der Waals surface area contributed by atoms with Crippen LogP contribution in [0.4, 0.5) is 5.82 Å². The fourth-order valence-electron chi connectivity index (χ4n) is 3.15. The molecule has 0 amide bonds. The van der Waals surface area contributed by atoms with E-state index >= 15 is 0 Å². The Kier molecular flexibility index (Phi) is 4.75. The number of hydrogen-bond donors (Lipinski definition) is 1. The lowest BCUT2D eigenvalue weighted by atomic mass is 9.97. The first-order valence-corrected chi connectivity index (χ1v) is 9.66. The molecule has 2 atom stereocenters. The van der Waals surface area contributed by atoms with Gasteiger partial charge in [0.05, 0.1) is 17.8 Å². The predicted octanol–water partition coefficient (Wildman–Crippen LogP) is 2.92. The molecule has 27 heavy (non-hydrogen) atoms. The summed E-state index contributed by atoms with van der Waals surface area (Å²) in [7, 11) is 0. The Bertz CT molecular complexity index is 824. The summed E-state index contributed by atoms with van der Waals surface area (Å²) < 4.78 is 13.4. The van der Waals surface area contributed by atoms with Crippen LogP contribution in [-0.2, 0) is 14.3 Å². The minimum Gasteiger partial charge on any atom is -0.463 e. The van der Waals surface area contributed by atoms with Crippen LogP contribution in [0.5, 0.6) is 0 Å². The summed E-state index contributed by atoms with van der Waals surface area (Å²) in [6.07, 6.45) is 7.30. The highest BCUT2D eigenvalue weighted by molar-refractivity contribution is 5.82. The fraction of sp³-hybridized carbons (Fsp3) is 0.684. The van der Waals surface area contributed by atoms with Crippen molar-refractivity contribution in [2.24, 2.45) is 11.3 Å². The number of fused-ring (bicyclic) bond motifs is 1. The second kappa shape index (κ2) is 7.07. The number of ether oxygens (including phenoxy) is 2. The van der Waals surface area contributed by atoms with E-state index < -0.39 is 5.41 Å². The number of imidazole rings is 1. The number of nitrogens with zero attached hydrogens (tertiary/aromatic N) is 4. The van der Waals surface area contributed by atoms with E-state index in [2.05, 4.69) is 20.3 Å². The van der Waals surface area contributed by atoms with Crippen LogP contribution in [0, 0.1) is 11.3 Å². The van der Waals surface area contributed by atoms with Gasteiger partial charge in [-0.25, -0.2) is 15.0 Å². The maximum absolute atomic E-state index is 11.9. The topological polar surface area (TPSA) is 91.2 Å². The van der Waals surface area contributed by atoms with E-state index in [0.29, 0.717) is 0 Å². The Morgan fingerprint density at radius 2 is 2.07 bits per heavy atom. The third-order valence-electron chi connectivity index (χ3n) is 5.02. The molecule has 146 valence electrons. The quantitative estimate of drug-likeness (QED) is 0.779. The van der Waals surface area contributed by atoms with Crippen LogP contribution < -0.4 is 5.32 Å². The van der Waals surface area contributed by atoms with Crippen LogP contribution >= 0.6 is 0 Å². The highest BCUT2D eigenvalue weighted by Crippen LogP contribution is 2.33. The molecule has 1 saturated heterocycles. The third-order valence-corrected chi connectivity index (χ3v) is 5.02. The van der Waals surface area contributed by atoms with E-state index in [0.717, 1.165) is 42.3 Å². The Labute approximate surface area is 158 Å². The van der Waals surface area contributed by atoms with Crippen molar-refractivity contribution in [3.63, 3.8) is 0 Å². The Morgan fingerprint density at radius 1 is 1.26 bits per heavy atom. The molecule has 1 aliphatic carbocycles. The van der Waals surface area contributed by atoms with Crippen molar-refractivity contribution < 1.29 is 14.3 Å². The van der Waals surface area contributed by atoms with Crippen molar-refractivity contribution >= 4 is 23.0 Å². The Morgan fingerprint density at radius 3 is 2.81 bits per heavy atom. The maximum Gasteiger partial charge on any atom is 0.311 e. The molecule has 0 radical (unpaired) electrons. The standard InChI is InChI=1S/C19H27N5O3/c1-19(2,3)18(25)26-9-13-6-7-14(27-13)24-11-23-15-16(20-8-12-4-5-12)21-10-22-17(15)24/h10-14H,4-9H2,1-3H3,(H,20,21,22)/t13-,14+/m0/s1. The monoisotopic (exact) mass is 373 g/mol. The smallest absolute Gasteiger partial charge is 0.311 e. The number of carbonyl (C=O) groups is 1. The number of anilines is 1. The van der Waals surface area contributed by atoms with Crippen molar-refractivity contribution in [2.45, 2.75) is 58.8 Å². The summed E-state index contributed by atoms with van der Waals surface area (Å²) in [6, 6.07) is 0. The molecule has 3 heterocycles. The van der Waals surface area contributed by atoms with Crippen molar-refractivity contribution in [2.75, 3.05) is 18.5 Å². The van der Waals surface area contributed by atoms with Gasteiger partial charge in [-0.05, 0) is 52.4 Å². The van der Waals surface area contributed by atoms with Gasteiger partial charge < -0.3 is 14.8 Å². The Hall–Kier alpha value is -2.22. The number of aromatic nitrogens is 4. The van der Waals surface area contributed by atoms with Gasteiger partial charge in [0.15, 0.2) is 17.0 Å². The lowest BCUT2D eigenvalue weighted by Crippen LogP contribution is -2.27. The van der Waals surface area contributed by atoms with Crippen LogP contribution in [0.2, 0.25) is 0 Å². The van der Waals surface area contributed by atoms with E-state index in [1.54, 1.807) is 12.7 Å². The molecule has 4 rings (SSSR count). The van der Waals surface area contributed by atoms with Crippen molar-refractivity contribution in [3.05, 3.63) is 12.7 Å². The fourth-order valence-corrected chi connectivity index (χ4v) is 3.15. The van der Waals surface area contributed by atoms with Crippen LogP contribution in [0.1, 0.15) is 52.7 Å². The molecule has 2 aromatic heterocycles. The van der Waals surface area contributed by atoms with Crippen LogP contribution in [0.25, 0.3) is 11.2 Å². The lowest BCUT2D eigenvalue weighted by Gasteiger charge is -2.19. The lowest BCUT2D eigenvalue weighted by molar-refractivity contribution is -0.157. The van der Waals surface area contributed by atoms with E-state index in [1.165, 1.54) is 12.8 Å². The molecule has 1 N–H and O–H groups in total. The van der Waals surface area contributed by atoms with Gasteiger partial charge in [-0.1, -0.05) is 0 Å². The van der Waals surface area contributed by atoms with E-state index in [9.17, 15) is 4.79 Å². The van der Waals surface area contributed by atoms with Crippen molar-refractivity contribution in [1.82, 2.24) is 19.5 Å². The molecule has 8 nitrogen and oxygen atoms in total. The van der Waals surface area contributed by atoms with E-state index in [-0.39, 0.29) is 24.9 Å². The summed E-state index contributed by atoms with van der Waals surface area (Å²) in [5.74, 6) is 1.33. The molecule has 2 aliphatic rings. The number of esters is 1. The molecule has 0 bridgehead atoms. The first-order valence-electron chi connectivity index (χ1n) is 9.66. The normalized spacial score (nSPS) is 22.9. The largest absolute Gasteiger partial charge is 0.463 e. The second-order valence-electron chi connectivity index (χ2n) is 8.51. The molecule has 0 aromatic carbocycles. The summed E-state index contributed by atoms with van der Waals surface area (Å²) in [5.41, 5.74) is 1.03. The van der Waals surface area contributed by atoms with Gasteiger partial charge in [-0.3, -0.25) is 9.36 Å². The van der Waals surface area contributed by atoms with Crippen LogP contribution in [-0.4, -0.2) is 44.7 Å². The number of carbonyl (C=O) groups excluding carboxylic acids is 1. The summed E-state index contributed by atoms with van der Waals surface area (Å²) in [5, 5.41) is 3.38. The number of rotatable bonds is 6. The average Bonchev–Trinajstić information content (AvgIpc) is 3.16. The molecule has 0 spiro atoms. The highest BCUT2D eigenvalue weighted by atomic mass is 16.6. The van der Waals surface area contributed by atoms with Gasteiger partial charge in [0, 0.05) is 6.54 Å². The zero-order chi connectivity index (χ0) is 19.0. The minimum absolute atomic E-state index is 0.104. The van der Waals surface area contributed by atoms with E-state index in [1.807, 2.05) is 25.3 Å². The average molecular weight is 373 g/mol. The molecule has 8 heteroatoms. The van der Waals surface area contributed by atoms with Crippen molar-refractivity contribution in [1.29, 1.82) is 0 Å². The van der Waals surface area contributed by atoms with E-state index in [4.69, 9.17) is 9.47 Å². The molecule has 2 aromatic rings. The van der Waals surface area contributed by atoms with Gasteiger partial charge in [0.25, 0.3) is 0 Å². The summed E-state index contributed by atoms with van der Waals surface area (Å²) >= 11 is 0. The third kappa shape index (κ3) is 4.05. The van der Waals surface area contributed by atoms with Gasteiger partial charge in [-0.15, -0.1) is 0 Å². The molecular formula is C19H27N5O3. The minimum atomic E-state index is -0.501. The van der Waals surface area contributed by atoms with Gasteiger partial charge in [-0.2, -0.15) is 0 Å². The van der Waals surface area contributed by atoms with Gasteiger partial charge in [0.2, 0.25) is 0 Å². The SMILES string of the molecule is CC(C)(C)C(=O)OC[C@@H]1CC[C@H](n2cnc3c(NCC4CC4)ncnc32)O1. The first-order chi connectivity index (χ1) is 12.9. The summed E-state index contributed by atoms with van der Waals surface area (Å²) in [6.45, 7) is 6.75. The molecule has 1 aliphatic heterocycles. The molecular weight excluding hydrogens is 346 g/mol. The maximum atomic E-state index is 11.9. The first kappa shape index (κ1) is 18.2. The van der Waals surface area contributed by atoms with Crippen molar-refractivity contribution in [3.8, 4) is 0 Å². The van der Waals surface area contributed by atoms with Gasteiger partial charge >= 0.3 is 5.97 Å². The summed E-state index contributed by atoms with van der Waals surface area (Å²) in [4.78, 5) is 25.2. The number of hydrogen-bond acceptors (Lipinski definition) is 7. The van der Waals surface area contributed by atoms with Gasteiger partial charge in [0.1, 0.15) is 19.2 Å². The Balaban J connectivity index is 1.41. The van der Waals surface area contributed by atoms with Crippen LogP contribution in [0.3, 0.4) is 0 Å². The molecule has 2 fully saturated rings. The zero-order valence-electron chi connectivity index (χ0n) is 16.1. The zero-order valence-corrected chi connectivity index (χ0v) is 16.1. The molecule has 1 saturated carbocycles. The number of nitrogens with one attached hydrogen (secondary N) is 1. The molecule has 0 unspecified atom stereocenters.